The zero-order valence-electron chi connectivity index (χ0n) is 11.0. The van der Waals surface area contributed by atoms with Crippen LogP contribution in [0.3, 0.4) is 0 Å². The van der Waals surface area contributed by atoms with Crippen LogP contribution >= 0.6 is 11.6 Å². The first kappa shape index (κ1) is 12.9. The maximum absolute atomic E-state index is 6.35. The average Bonchev–Trinajstić information content (AvgIpc) is 3.09. The number of aromatic nitrogens is 2. The van der Waals surface area contributed by atoms with Gasteiger partial charge in [0.1, 0.15) is 0 Å². The predicted octanol–water partition coefficient (Wildman–Crippen LogP) is 2.57. The monoisotopic (exact) mass is 255 g/mol. The average molecular weight is 256 g/mol. The molecule has 1 N–H and O–H groups in total. The smallest absolute Gasteiger partial charge is 0.0849 e. The van der Waals surface area contributed by atoms with Gasteiger partial charge in [-0.3, -0.25) is 4.68 Å². The second-order valence-electron chi connectivity index (χ2n) is 5.18. The summed E-state index contributed by atoms with van der Waals surface area (Å²) in [4.78, 5) is 0. The third-order valence-corrected chi connectivity index (χ3v) is 3.81. The summed E-state index contributed by atoms with van der Waals surface area (Å²) >= 11 is 6.35. The Labute approximate surface area is 109 Å². The topological polar surface area (TPSA) is 29.9 Å². The van der Waals surface area contributed by atoms with Crippen molar-refractivity contribution in [3.05, 3.63) is 16.4 Å². The highest BCUT2D eigenvalue weighted by atomic mass is 35.5. The van der Waals surface area contributed by atoms with Crippen LogP contribution in [0.25, 0.3) is 0 Å². The van der Waals surface area contributed by atoms with E-state index < -0.39 is 0 Å². The Balaban J connectivity index is 1.93. The van der Waals surface area contributed by atoms with E-state index in [1.54, 1.807) is 0 Å². The molecule has 1 aliphatic rings. The van der Waals surface area contributed by atoms with Gasteiger partial charge in [0.25, 0.3) is 0 Å². The molecular weight excluding hydrogens is 234 g/mol. The van der Waals surface area contributed by atoms with Gasteiger partial charge in [-0.05, 0) is 38.1 Å². The maximum atomic E-state index is 6.35. The van der Waals surface area contributed by atoms with Gasteiger partial charge >= 0.3 is 0 Å². The van der Waals surface area contributed by atoms with Gasteiger partial charge in [0.15, 0.2) is 0 Å². The van der Waals surface area contributed by atoms with Gasteiger partial charge in [-0.1, -0.05) is 25.4 Å². The normalized spacial score (nSPS) is 17.4. The van der Waals surface area contributed by atoms with E-state index in [0.29, 0.717) is 5.92 Å². The lowest BCUT2D eigenvalue weighted by Gasteiger charge is -2.12. The summed E-state index contributed by atoms with van der Waals surface area (Å²) < 4.78 is 1.94. The minimum Gasteiger partial charge on any atom is -0.314 e. The van der Waals surface area contributed by atoms with Gasteiger partial charge < -0.3 is 5.32 Å². The lowest BCUT2D eigenvalue weighted by Crippen LogP contribution is -2.24. The lowest BCUT2D eigenvalue weighted by atomic mass is 10.1. The standard InChI is InChI=1S/C13H22ClN3/c1-4-11-13(14)12(17(3)16-11)7-9(2)8-15-10-5-6-10/h9-10,15H,4-8H2,1-3H3. The minimum absolute atomic E-state index is 0.605. The minimum atomic E-state index is 0.605. The molecule has 0 spiro atoms. The number of nitrogens with zero attached hydrogens (tertiary/aromatic N) is 2. The van der Waals surface area contributed by atoms with Crippen molar-refractivity contribution < 1.29 is 0 Å². The Morgan fingerprint density at radius 3 is 2.76 bits per heavy atom. The van der Waals surface area contributed by atoms with Crippen LogP contribution in [0.2, 0.25) is 5.02 Å². The molecule has 0 radical (unpaired) electrons. The van der Waals surface area contributed by atoms with Gasteiger partial charge in [-0.25, -0.2) is 0 Å². The van der Waals surface area contributed by atoms with Crippen molar-refractivity contribution in [2.45, 2.75) is 45.6 Å². The first-order valence-electron chi connectivity index (χ1n) is 6.55. The van der Waals surface area contributed by atoms with Crippen LogP contribution in [0.5, 0.6) is 0 Å². The fraction of sp³-hybridized carbons (Fsp3) is 0.769. The Bertz CT molecular complexity index is 382. The summed E-state index contributed by atoms with van der Waals surface area (Å²) in [6, 6.07) is 0.783. The fourth-order valence-electron chi connectivity index (χ4n) is 2.10. The van der Waals surface area contributed by atoms with Crippen molar-refractivity contribution in [3.63, 3.8) is 0 Å². The van der Waals surface area contributed by atoms with Crippen molar-refractivity contribution in [2.24, 2.45) is 13.0 Å². The van der Waals surface area contributed by atoms with Gasteiger partial charge in [0, 0.05) is 13.1 Å². The molecule has 96 valence electrons. The maximum Gasteiger partial charge on any atom is 0.0849 e. The fourth-order valence-corrected chi connectivity index (χ4v) is 2.47. The molecule has 4 heteroatoms. The van der Waals surface area contributed by atoms with Crippen LogP contribution in [0.15, 0.2) is 0 Å². The zero-order chi connectivity index (χ0) is 12.4. The van der Waals surface area contributed by atoms with E-state index in [1.165, 1.54) is 18.5 Å². The Hall–Kier alpha value is -0.540. The molecule has 17 heavy (non-hydrogen) atoms. The number of hydrogen-bond donors (Lipinski definition) is 1. The third kappa shape index (κ3) is 3.23. The van der Waals surface area contributed by atoms with Crippen LogP contribution in [0, 0.1) is 5.92 Å². The molecule has 2 rings (SSSR count). The summed E-state index contributed by atoms with van der Waals surface area (Å²) in [7, 11) is 1.99. The SMILES string of the molecule is CCc1nn(C)c(CC(C)CNC2CC2)c1Cl. The Morgan fingerprint density at radius 2 is 2.24 bits per heavy atom. The molecule has 0 saturated heterocycles. The molecule has 0 amide bonds. The first-order chi connectivity index (χ1) is 8.11. The predicted molar refractivity (Wildman–Crippen MR) is 71.5 cm³/mol. The van der Waals surface area contributed by atoms with Crippen LogP contribution < -0.4 is 5.32 Å². The van der Waals surface area contributed by atoms with Gasteiger partial charge in [0.05, 0.1) is 16.4 Å². The molecule has 1 saturated carbocycles. The molecule has 0 bridgehead atoms. The van der Waals surface area contributed by atoms with Crippen molar-refractivity contribution in [2.75, 3.05) is 6.54 Å². The van der Waals surface area contributed by atoms with Crippen molar-refractivity contribution >= 4 is 11.6 Å². The quantitative estimate of drug-likeness (QED) is 0.847. The highest BCUT2D eigenvalue weighted by Gasteiger charge is 2.22. The van der Waals surface area contributed by atoms with Crippen LogP contribution in [-0.2, 0) is 19.9 Å². The van der Waals surface area contributed by atoms with Crippen LogP contribution in [0.1, 0.15) is 38.1 Å². The van der Waals surface area contributed by atoms with E-state index >= 15 is 0 Å². The van der Waals surface area contributed by atoms with E-state index in [-0.39, 0.29) is 0 Å². The Kier molecular flexibility index (Phi) is 4.10. The van der Waals surface area contributed by atoms with E-state index in [4.69, 9.17) is 11.6 Å². The summed E-state index contributed by atoms with van der Waals surface area (Å²) in [5.74, 6) is 0.605. The van der Waals surface area contributed by atoms with Crippen LogP contribution in [-0.4, -0.2) is 22.4 Å². The van der Waals surface area contributed by atoms with Gasteiger partial charge in [-0.2, -0.15) is 5.10 Å². The molecule has 1 aliphatic carbocycles. The molecule has 1 fully saturated rings. The van der Waals surface area contributed by atoms with Crippen molar-refractivity contribution in [1.29, 1.82) is 0 Å². The number of halogens is 1. The van der Waals surface area contributed by atoms with Crippen LogP contribution in [0.4, 0.5) is 0 Å². The largest absolute Gasteiger partial charge is 0.314 e. The summed E-state index contributed by atoms with van der Waals surface area (Å²) in [6.45, 7) is 5.44. The van der Waals surface area contributed by atoms with E-state index in [0.717, 1.165) is 36.1 Å². The molecule has 0 aromatic carbocycles. The van der Waals surface area contributed by atoms with Crippen molar-refractivity contribution in [3.8, 4) is 0 Å². The second-order valence-corrected chi connectivity index (χ2v) is 5.55. The number of nitrogens with one attached hydrogen (secondary N) is 1. The molecule has 1 unspecified atom stereocenters. The van der Waals surface area contributed by atoms with E-state index in [9.17, 15) is 0 Å². The van der Waals surface area contributed by atoms with E-state index in [1.807, 2.05) is 11.7 Å². The Morgan fingerprint density at radius 1 is 1.53 bits per heavy atom. The molecule has 0 aliphatic heterocycles. The lowest BCUT2D eigenvalue weighted by molar-refractivity contribution is 0.493. The summed E-state index contributed by atoms with van der Waals surface area (Å²) in [5.41, 5.74) is 2.19. The van der Waals surface area contributed by atoms with Gasteiger partial charge in [-0.15, -0.1) is 0 Å². The number of hydrogen-bond acceptors (Lipinski definition) is 2. The molecule has 1 aromatic heterocycles. The molecule has 1 atom stereocenters. The number of aryl methyl sites for hydroxylation is 2. The zero-order valence-corrected chi connectivity index (χ0v) is 11.7. The highest BCUT2D eigenvalue weighted by molar-refractivity contribution is 6.31. The third-order valence-electron chi connectivity index (χ3n) is 3.38. The summed E-state index contributed by atoms with van der Waals surface area (Å²) in [5, 5.41) is 8.89. The summed E-state index contributed by atoms with van der Waals surface area (Å²) in [6.07, 6.45) is 4.60. The molecule has 1 heterocycles. The van der Waals surface area contributed by atoms with Crippen molar-refractivity contribution in [1.82, 2.24) is 15.1 Å². The van der Waals surface area contributed by atoms with Gasteiger partial charge in [0.2, 0.25) is 0 Å². The first-order valence-corrected chi connectivity index (χ1v) is 6.93. The second kappa shape index (κ2) is 5.40. The molecule has 1 aromatic rings. The van der Waals surface area contributed by atoms with E-state index in [2.05, 4.69) is 24.3 Å². The highest BCUT2D eigenvalue weighted by Crippen LogP contribution is 2.24. The number of rotatable bonds is 6. The molecular formula is C13H22ClN3. The molecule has 3 nitrogen and oxygen atoms in total.